The smallest absolute Gasteiger partial charge is 0.387 e. The first-order chi connectivity index (χ1) is 9.34. The topological polar surface area (TPSA) is 69.4 Å². The van der Waals surface area contributed by atoms with E-state index in [4.69, 9.17) is 5.73 Å². The van der Waals surface area contributed by atoms with Crippen molar-refractivity contribution in [3.05, 3.63) is 29.8 Å². The zero-order valence-corrected chi connectivity index (χ0v) is 12.1. The Morgan fingerprint density at radius 3 is 2.65 bits per heavy atom. The lowest BCUT2D eigenvalue weighted by Gasteiger charge is -2.13. The van der Waals surface area contributed by atoms with Crippen molar-refractivity contribution in [1.82, 2.24) is 0 Å². The predicted octanol–water partition coefficient (Wildman–Crippen LogP) is 2.50. The maximum Gasteiger partial charge on any atom is 0.387 e. The van der Waals surface area contributed by atoms with Crippen molar-refractivity contribution in [2.45, 2.75) is 32.4 Å². The zero-order chi connectivity index (χ0) is 15.2. The van der Waals surface area contributed by atoms with Crippen LogP contribution >= 0.6 is 0 Å². The number of sulfone groups is 1. The van der Waals surface area contributed by atoms with Gasteiger partial charge in [0.2, 0.25) is 0 Å². The summed E-state index contributed by atoms with van der Waals surface area (Å²) in [6, 6.07) is 5.76. The number of hydrogen-bond donors (Lipinski definition) is 1. The summed E-state index contributed by atoms with van der Waals surface area (Å²) in [6.07, 6.45) is 0.911. The Labute approximate surface area is 117 Å². The van der Waals surface area contributed by atoms with Crippen molar-refractivity contribution in [1.29, 1.82) is 0 Å². The summed E-state index contributed by atoms with van der Waals surface area (Å²) in [7, 11) is -3.00. The second-order valence-corrected chi connectivity index (χ2v) is 6.91. The normalized spacial score (nSPS) is 13.4. The molecule has 0 aliphatic carbocycles. The van der Waals surface area contributed by atoms with Crippen molar-refractivity contribution < 1.29 is 21.9 Å². The monoisotopic (exact) mass is 307 g/mol. The van der Waals surface area contributed by atoms with Crippen LogP contribution in [0.4, 0.5) is 8.78 Å². The van der Waals surface area contributed by atoms with Crippen LogP contribution in [0, 0.1) is 0 Å². The largest absolute Gasteiger partial charge is 0.435 e. The molecule has 0 fully saturated rings. The fourth-order valence-corrected chi connectivity index (χ4v) is 2.65. The Morgan fingerprint density at radius 2 is 2.05 bits per heavy atom. The molecule has 20 heavy (non-hydrogen) atoms. The van der Waals surface area contributed by atoms with E-state index in [1.165, 1.54) is 12.1 Å². The van der Waals surface area contributed by atoms with E-state index >= 15 is 0 Å². The lowest BCUT2D eigenvalue weighted by atomic mass is 10.0. The van der Waals surface area contributed by atoms with Crippen molar-refractivity contribution in [3.63, 3.8) is 0 Å². The first-order valence-electron chi connectivity index (χ1n) is 6.35. The highest BCUT2D eigenvalue weighted by Crippen LogP contribution is 2.22. The van der Waals surface area contributed by atoms with Crippen LogP contribution in [0.2, 0.25) is 0 Å². The summed E-state index contributed by atoms with van der Waals surface area (Å²) in [5.41, 5.74) is 6.58. The molecule has 1 unspecified atom stereocenters. The quantitative estimate of drug-likeness (QED) is 0.801. The van der Waals surface area contributed by atoms with Gasteiger partial charge in [-0.05, 0) is 30.5 Å². The first kappa shape index (κ1) is 16.8. The Hall–Kier alpha value is -1.21. The molecule has 2 N–H and O–H groups in total. The number of alkyl halides is 2. The maximum atomic E-state index is 12.1. The molecule has 1 aromatic rings. The predicted molar refractivity (Wildman–Crippen MR) is 73.6 cm³/mol. The number of hydrogen-bond acceptors (Lipinski definition) is 4. The summed E-state index contributed by atoms with van der Waals surface area (Å²) in [5, 5.41) is 0. The highest BCUT2D eigenvalue weighted by atomic mass is 32.2. The molecule has 0 spiro atoms. The van der Waals surface area contributed by atoms with E-state index in [1.807, 2.05) is 0 Å². The fraction of sp³-hybridized carbons (Fsp3) is 0.538. The third-order valence-electron chi connectivity index (χ3n) is 2.92. The van der Waals surface area contributed by atoms with Crippen LogP contribution < -0.4 is 10.5 Å². The molecule has 0 bridgehead atoms. The van der Waals surface area contributed by atoms with Crippen molar-refractivity contribution >= 4 is 9.84 Å². The molecule has 0 amide bonds. The minimum absolute atomic E-state index is 0.0501. The molecule has 0 heterocycles. The van der Waals surface area contributed by atoms with Gasteiger partial charge in [-0.2, -0.15) is 8.78 Å². The van der Waals surface area contributed by atoms with Crippen molar-refractivity contribution in [2.75, 3.05) is 11.5 Å². The summed E-state index contributed by atoms with van der Waals surface area (Å²) >= 11 is 0. The number of ether oxygens (including phenoxy) is 1. The summed E-state index contributed by atoms with van der Waals surface area (Å²) in [5.74, 6) is 0.249. The van der Waals surface area contributed by atoms with Gasteiger partial charge in [-0.1, -0.05) is 19.1 Å². The Kier molecular flexibility index (Phi) is 6.35. The second-order valence-electron chi connectivity index (χ2n) is 4.44. The Bertz CT molecular complexity index is 520. The van der Waals surface area contributed by atoms with Crippen LogP contribution in [-0.2, 0) is 9.84 Å². The van der Waals surface area contributed by atoms with E-state index in [0.29, 0.717) is 18.4 Å². The van der Waals surface area contributed by atoms with Crippen molar-refractivity contribution in [2.24, 2.45) is 5.73 Å². The van der Waals surface area contributed by atoms with Crippen LogP contribution in [0.5, 0.6) is 5.75 Å². The van der Waals surface area contributed by atoms with Gasteiger partial charge in [-0.25, -0.2) is 8.42 Å². The highest BCUT2D eigenvalue weighted by Gasteiger charge is 2.12. The molecular weight excluding hydrogens is 288 g/mol. The molecule has 4 nitrogen and oxygen atoms in total. The van der Waals surface area contributed by atoms with E-state index < -0.39 is 22.5 Å². The number of benzene rings is 1. The average molecular weight is 307 g/mol. The van der Waals surface area contributed by atoms with Gasteiger partial charge in [0.1, 0.15) is 15.6 Å². The van der Waals surface area contributed by atoms with Gasteiger partial charge < -0.3 is 10.5 Å². The number of nitrogens with two attached hydrogens (primary N) is 1. The van der Waals surface area contributed by atoms with Gasteiger partial charge in [0, 0.05) is 11.8 Å². The minimum Gasteiger partial charge on any atom is -0.435 e. The third kappa shape index (κ3) is 5.83. The van der Waals surface area contributed by atoms with Gasteiger partial charge >= 0.3 is 6.61 Å². The maximum absolute atomic E-state index is 12.1. The molecule has 0 saturated heterocycles. The van der Waals surface area contributed by atoms with Crippen LogP contribution in [0.15, 0.2) is 24.3 Å². The lowest BCUT2D eigenvalue weighted by Crippen LogP contribution is -2.14. The molecule has 1 aromatic carbocycles. The first-order valence-corrected chi connectivity index (χ1v) is 8.17. The molecule has 1 atom stereocenters. The van der Waals surface area contributed by atoms with Crippen LogP contribution in [-0.4, -0.2) is 26.5 Å². The lowest BCUT2D eigenvalue weighted by molar-refractivity contribution is -0.0499. The number of rotatable bonds is 8. The average Bonchev–Trinajstić information content (AvgIpc) is 2.38. The van der Waals surface area contributed by atoms with E-state index in [0.717, 1.165) is 0 Å². The minimum atomic E-state index is -3.00. The van der Waals surface area contributed by atoms with Crippen LogP contribution in [0.1, 0.15) is 31.4 Å². The molecule has 0 radical (unpaired) electrons. The Morgan fingerprint density at radius 1 is 1.35 bits per heavy atom. The van der Waals surface area contributed by atoms with Gasteiger partial charge in [-0.3, -0.25) is 0 Å². The zero-order valence-electron chi connectivity index (χ0n) is 11.3. The van der Waals surface area contributed by atoms with Crippen LogP contribution in [0.25, 0.3) is 0 Å². The summed E-state index contributed by atoms with van der Waals surface area (Å²) in [6.45, 7) is -1.28. The molecule has 0 aliphatic rings. The molecule has 0 aromatic heterocycles. The molecule has 7 heteroatoms. The van der Waals surface area contributed by atoms with Crippen LogP contribution in [0.3, 0.4) is 0 Å². The molecular formula is C13H19F2NO3S. The van der Waals surface area contributed by atoms with E-state index in [9.17, 15) is 17.2 Å². The fourth-order valence-electron chi connectivity index (χ4n) is 1.76. The highest BCUT2D eigenvalue weighted by molar-refractivity contribution is 7.91. The second kappa shape index (κ2) is 7.54. The molecule has 0 aliphatic heterocycles. The Balaban J connectivity index is 2.57. The summed E-state index contributed by atoms with van der Waals surface area (Å²) < 4.78 is 51.2. The third-order valence-corrected chi connectivity index (χ3v) is 4.71. The van der Waals surface area contributed by atoms with E-state index in [2.05, 4.69) is 4.74 Å². The molecule has 114 valence electrons. The SMILES string of the molecule is CCS(=O)(=O)CCCC(N)c1cccc(OC(F)F)c1. The standard InChI is InChI=1S/C13H19F2NO3S/c1-2-20(17,18)8-4-7-12(16)10-5-3-6-11(9-10)19-13(14)15/h3,5-6,9,12-13H,2,4,7-8,16H2,1H3. The molecule has 1 rings (SSSR count). The van der Waals surface area contributed by atoms with E-state index in [1.54, 1.807) is 19.1 Å². The van der Waals surface area contributed by atoms with Crippen molar-refractivity contribution in [3.8, 4) is 5.75 Å². The van der Waals surface area contributed by atoms with Gasteiger partial charge in [0.25, 0.3) is 0 Å². The molecule has 0 saturated carbocycles. The summed E-state index contributed by atoms with van der Waals surface area (Å²) in [4.78, 5) is 0. The van der Waals surface area contributed by atoms with Gasteiger partial charge in [-0.15, -0.1) is 0 Å². The van der Waals surface area contributed by atoms with E-state index in [-0.39, 0.29) is 17.3 Å². The number of halogens is 2. The van der Waals surface area contributed by atoms with Gasteiger partial charge in [0.05, 0.1) is 5.75 Å². The van der Waals surface area contributed by atoms with Gasteiger partial charge in [0.15, 0.2) is 0 Å².